The van der Waals surface area contributed by atoms with Gasteiger partial charge < -0.3 is 9.47 Å². The van der Waals surface area contributed by atoms with Crippen molar-refractivity contribution >= 4 is 5.97 Å². The molecule has 0 heterocycles. The summed E-state index contributed by atoms with van der Waals surface area (Å²) in [6, 6.07) is 7.29. The highest BCUT2D eigenvalue weighted by Gasteiger charge is 2.12. The molecule has 1 aromatic rings. The lowest BCUT2D eigenvalue weighted by Crippen LogP contribution is -2.08. The first-order valence-corrected chi connectivity index (χ1v) is 8.68. The summed E-state index contributed by atoms with van der Waals surface area (Å²) in [5, 5.41) is 0. The zero-order valence-electron chi connectivity index (χ0n) is 14.1. The van der Waals surface area contributed by atoms with Gasteiger partial charge in [0.1, 0.15) is 11.3 Å². The Morgan fingerprint density at radius 1 is 0.909 bits per heavy atom. The van der Waals surface area contributed by atoms with Crippen LogP contribution < -0.4 is 4.74 Å². The summed E-state index contributed by atoms with van der Waals surface area (Å²) in [7, 11) is 0. The van der Waals surface area contributed by atoms with E-state index in [0.29, 0.717) is 24.5 Å². The molecular formula is C19H30O3. The van der Waals surface area contributed by atoms with E-state index in [2.05, 4.69) is 6.92 Å². The molecule has 22 heavy (non-hydrogen) atoms. The molecule has 1 aromatic carbocycles. The summed E-state index contributed by atoms with van der Waals surface area (Å²) in [6.07, 6.45) is 10.2. The van der Waals surface area contributed by atoms with Gasteiger partial charge in [0.15, 0.2) is 0 Å². The first kappa shape index (κ1) is 18.5. The van der Waals surface area contributed by atoms with E-state index < -0.39 is 0 Å². The minimum absolute atomic E-state index is 0.311. The van der Waals surface area contributed by atoms with Crippen molar-refractivity contribution in [2.75, 3.05) is 13.2 Å². The minimum Gasteiger partial charge on any atom is -0.493 e. The second-order valence-electron chi connectivity index (χ2n) is 5.54. The van der Waals surface area contributed by atoms with E-state index in [9.17, 15) is 4.79 Å². The van der Waals surface area contributed by atoms with Crippen molar-refractivity contribution in [1.82, 2.24) is 0 Å². The number of rotatable bonds is 12. The third-order valence-electron chi connectivity index (χ3n) is 3.64. The van der Waals surface area contributed by atoms with Gasteiger partial charge in [-0.1, -0.05) is 64.0 Å². The van der Waals surface area contributed by atoms with Crippen LogP contribution in [0.3, 0.4) is 0 Å². The Labute approximate surface area is 135 Å². The molecular weight excluding hydrogens is 276 g/mol. The highest BCUT2D eigenvalue weighted by atomic mass is 16.5. The molecule has 3 heteroatoms. The summed E-state index contributed by atoms with van der Waals surface area (Å²) >= 11 is 0. The molecule has 1 rings (SSSR count). The van der Waals surface area contributed by atoms with Gasteiger partial charge >= 0.3 is 5.97 Å². The monoisotopic (exact) mass is 306 g/mol. The summed E-state index contributed by atoms with van der Waals surface area (Å²) in [4.78, 5) is 11.8. The van der Waals surface area contributed by atoms with Crippen LogP contribution in [-0.2, 0) is 4.74 Å². The molecule has 0 unspecified atom stereocenters. The van der Waals surface area contributed by atoms with Gasteiger partial charge in [0.2, 0.25) is 0 Å². The second kappa shape index (κ2) is 12.1. The van der Waals surface area contributed by atoms with E-state index in [1.807, 2.05) is 25.1 Å². The Balaban J connectivity index is 2.21. The number of carbonyl (C=O) groups excluding carboxylic acids is 1. The second-order valence-corrected chi connectivity index (χ2v) is 5.54. The lowest BCUT2D eigenvalue weighted by atomic mass is 10.1. The van der Waals surface area contributed by atoms with Crippen LogP contribution in [0.25, 0.3) is 0 Å². The highest BCUT2D eigenvalue weighted by molar-refractivity contribution is 5.92. The molecule has 0 atom stereocenters. The number of para-hydroxylation sites is 1. The van der Waals surface area contributed by atoms with Crippen molar-refractivity contribution in [3.8, 4) is 5.75 Å². The molecule has 0 fully saturated rings. The SMILES string of the molecule is CCCCCCCCCCOc1ccccc1C(=O)OCC. The molecule has 0 radical (unpaired) electrons. The van der Waals surface area contributed by atoms with E-state index in [1.165, 1.54) is 44.9 Å². The smallest absolute Gasteiger partial charge is 0.341 e. The Kier molecular flexibility index (Phi) is 10.2. The molecule has 0 spiro atoms. The number of esters is 1. The van der Waals surface area contributed by atoms with Crippen LogP contribution in [0.15, 0.2) is 24.3 Å². The van der Waals surface area contributed by atoms with Gasteiger partial charge in [-0.25, -0.2) is 4.79 Å². The average Bonchev–Trinajstić information content (AvgIpc) is 2.54. The highest BCUT2D eigenvalue weighted by Crippen LogP contribution is 2.19. The molecule has 124 valence electrons. The molecule has 0 N–H and O–H groups in total. The third-order valence-corrected chi connectivity index (χ3v) is 3.64. The maximum absolute atomic E-state index is 11.8. The quantitative estimate of drug-likeness (QED) is 0.384. The molecule has 0 aliphatic carbocycles. The normalized spacial score (nSPS) is 10.5. The summed E-state index contributed by atoms with van der Waals surface area (Å²) in [6.45, 7) is 5.09. The van der Waals surface area contributed by atoms with Gasteiger partial charge in [-0.2, -0.15) is 0 Å². The van der Waals surface area contributed by atoms with Crippen LogP contribution in [0.1, 0.15) is 75.6 Å². The first-order valence-electron chi connectivity index (χ1n) is 8.68. The topological polar surface area (TPSA) is 35.5 Å². The Hall–Kier alpha value is -1.51. The molecule has 3 nitrogen and oxygen atoms in total. The molecule has 0 aliphatic rings. The van der Waals surface area contributed by atoms with Crippen molar-refractivity contribution in [2.24, 2.45) is 0 Å². The van der Waals surface area contributed by atoms with Gasteiger partial charge in [0.05, 0.1) is 13.2 Å². The van der Waals surface area contributed by atoms with Crippen molar-refractivity contribution in [2.45, 2.75) is 65.2 Å². The van der Waals surface area contributed by atoms with Gasteiger partial charge in [-0.05, 0) is 25.5 Å². The van der Waals surface area contributed by atoms with Crippen LogP contribution in [0, 0.1) is 0 Å². The van der Waals surface area contributed by atoms with Crippen LogP contribution in [0.2, 0.25) is 0 Å². The number of carbonyl (C=O) groups is 1. The van der Waals surface area contributed by atoms with E-state index in [4.69, 9.17) is 9.47 Å². The molecule has 0 saturated heterocycles. The first-order chi connectivity index (χ1) is 10.8. The van der Waals surface area contributed by atoms with E-state index >= 15 is 0 Å². The Morgan fingerprint density at radius 2 is 1.55 bits per heavy atom. The van der Waals surface area contributed by atoms with Crippen molar-refractivity contribution in [1.29, 1.82) is 0 Å². The number of benzene rings is 1. The van der Waals surface area contributed by atoms with Crippen molar-refractivity contribution in [3.05, 3.63) is 29.8 Å². The van der Waals surface area contributed by atoms with Gasteiger partial charge in [0.25, 0.3) is 0 Å². The summed E-state index contributed by atoms with van der Waals surface area (Å²) < 4.78 is 10.8. The lowest BCUT2D eigenvalue weighted by molar-refractivity contribution is 0.0521. The van der Waals surface area contributed by atoms with Crippen LogP contribution in [0.5, 0.6) is 5.75 Å². The number of hydrogen-bond acceptors (Lipinski definition) is 3. The average molecular weight is 306 g/mol. The maximum atomic E-state index is 11.8. The van der Waals surface area contributed by atoms with Crippen LogP contribution >= 0.6 is 0 Å². The third kappa shape index (κ3) is 7.48. The van der Waals surface area contributed by atoms with Crippen molar-refractivity contribution in [3.63, 3.8) is 0 Å². The molecule has 0 bridgehead atoms. The van der Waals surface area contributed by atoms with Gasteiger partial charge in [-0.3, -0.25) is 0 Å². The number of ether oxygens (including phenoxy) is 2. The molecule has 0 aromatic heterocycles. The van der Waals surface area contributed by atoms with E-state index in [-0.39, 0.29) is 5.97 Å². The maximum Gasteiger partial charge on any atom is 0.341 e. The Bertz CT molecular complexity index is 415. The van der Waals surface area contributed by atoms with E-state index in [1.54, 1.807) is 6.07 Å². The fourth-order valence-corrected chi connectivity index (χ4v) is 2.39. The summed E-state index contributed by atoms with van der Waals surface area (Å²) in [5.74, 6) is 0.318. The lowest BCUT2D eigenvalue weighted by Gasteiger charge is -2.10. The minimum atomic E-state index is -0.311. The predicted molar refractivity (Wildman–Crippen MR) is 90.5 cm³/mol. The summed E-state index contributed by atoms with van der Waals surface area (Å²) in [5.41, 5.74) is 0.518. The standard InChI is InChI=1S/C19H30O3/c1-3-5-6-7-8-9-10-13-16-22-18-15-12-11-14-17(18)19(20)21-4-2/h11-12,14-15H,3-10,13,16H2,1-2H3. The zero-order valence-corrected chi connectivity index (χ0v) is 14.1. The fraction of sp³-hybridized carbons (Fsp3) is 0.632. The van der Waals surface area contributed by atoms with Gasteiger partial charge in [-0.15, -0.1) is 0 Å². The van der Waals surface area contributed by atoms with Gasteiger partial charge in [0, 0.05) is 0 Å². The largest absolute Gasteiger partial charge is 0.493 e. The number of hydrogen-bond donors (Lipinski definition) is 0. The van der Waals surface area contributed by atoms with E-state index in [0.717, 1.165) is 6.42 Å². The fourth-order valence-electron chi connectivity index (χ4n) is 2.39. The molecule has 0 amide bonds. The Morgan fingerprint density at radius 3 is 2.23 bits per heavy atom. The van der Waals surface area contributed by atoms with Crippen LogP contribution in [-0.4, -0.2) is 19.2 Å². The molecule has 0 aliphatic heterocycles. The zero-order chi connectivity index (χ0) is 16.0. The predicted octanol–water partition coefficient (Wildman–Crippen LogP) is 5.38. The number of unbranched alkanes of at least 4 members (excludes halogenated alkanes) is 7. The van der Waals surface area contributed by atoms with Crippen LogP contribution in [0.4, 0.5) is 0 Å². The molecule has 0 saturated carbocycles. The van der Waals surface area contributed by atoms with Crippen molar-refractivity contribution < 1.29 is 14.3 Å².